The average molecular weight is 309 g/mol. The first-order valence-corrected chi connectivity index (χ1v) is 6.98. The topological polar surface area (TPSA) is 76.6 Å². The number of benzene rings is 2. The monoisotopic (exact) mass is 309 g/mol. The number of nitro benzene ring substituents is 1. The molecule has 7 heteroatoms. The van der Waals surface area contributed by atoms with Gasteiger partial charge in [-0.15, -0.1) is 0 Å². The van der Waals surface area contributed by atoms with Crippen LogP contribution >= 0.6 is 0 Å². The van der Waals surface area contributed by atoms with Crippen molar-refractivity contribution in [1.82, 2.24) is 9.66 Å². The van der Waals surface area contributed by atoms with Gasteiger partial charge < -0.3 is 4.90 Å². The van der Waals surface area contributed by atoms with Crippen molar-refractivity contribution in [2.45, 2.75) is 0 Å². The Morgan fingerprint density at radius 2 is 2.04 bits per heavy atom. The van der Waals surface area contributed by atoms with Crippen molar-refractivity contribution in [1.29, 1.82) is 0 Å². The summed E-state index contributed by atoms with van der Waals surface area (Å²) in [6, 6.07) is 12.7. The maximum absolute atomic E-state index is 11.2. The molecule has 0 atom stereocenters. The van der Waals surface area contributed by atoms with E-state index in [9.17, 15) is 10.1 Å². The highest BCUT2D eigenvalue weighted by atomic mass is 16.6. The van der Waals surface area contributed by atoms with E-state index in [1.54, 1.807) is 48.3 Å². The second-order valence-electron chi connectivity index (χ2n) is 5.22. The van der Waals surface area contributed by atoms with Gasteiger partial charge in [0.2, 0.25) is 0 Å². The molecule has 3 aromatic rings. The zero-order chi connectivity index (χ0) is 16.4. The van der Waals surface area contributed by atoms with Crippen LogP contribution in [0.5, 0.6) is 0 Å². The van der Waals surface area contributed by atoms with E-state index in [1.165, 1.54) is 6.07 Å². The SMILES string of the molecule is CN(C)c1ccc(/C=N\n2cnc3ccccc32)cc1[N+](=O)[O-]. The number of aromatic nitrogens is 2. The number of anilines is 1. The Morgan fingerprint density at radius 3 is 2.78 bits per heavy atom. The average Bonchev–Trinajstić information content (AvgIpc) is 2.95. The number of fused-ring (bicyclic) bond motifs is 1. The van der Waals surface area contributed by atoms with Crippen molar-refractivity contribution in [3.63, 3.8) is 0 Å². The fraction of sp³-hybridized carbons (Fsp3) is 0.125. The Bertz CT molecular complexity index is 898. The minimum atomic E-state index is -0.390. The molecule has 0 aliphatic heterocycles. The molecule has 116 valence electrons. The van der Waals surface area contributed by atoms with Crippen LogP contribution in [0.4, 0.5) is 11.4 Å². The fourth-order valence-corrected chi connectivity index (χ4v) is 2.31. The lowest BCUT2D eigenvalue weighted by Gasteiger charge is -2.12. The van der Waals surface area contributed by atoms with Crippen LogP contribution < -0.4 is 4.90 Å². The van der Waals surface area contributed by atoms with Crippen LogP contribution in [0.25, 0.3) is 11.0 Å². The number of nitro groups is 1. The van der Waals surface area contributed by atoms with Gasteiger partial charge in [0.15, 0.2) is 0 Å². The quantitative estimate of drug-likeness (QED) is 0.422. The molecule has 0 aliphatic rings. The lowest BCUT2D eigenvalue weighted by atomic mass is 10.2. The molecular formula is C16H15N5O2. The van der Waals surface area contributed by atoms with Crippen LogP contribution in [0.15, 0.2) is 53.9 Å². The molecule has 1 aromatic heterocycles. The predicted molar refractivity (Wildman–Crippen MR) is 90.1 cm³/mol. The van der Waals surface area contributed by atoms with Crippen LogP contribution in [0.1, 0.15) is 5.56 Å². The summed E-state index contributed by atoms with van der Waals surface area (Å²) in [4.78, 5) is 16.8. The van der Waals surface area contributed by atoms with Gasteiger partial charge in [-0.05, 0) is 18.2 Å². The van der Waals surface area contributed by atoms with Crippen molar-refractivity contribution in [2.24, 2.45) is 5.10 Å². The molecule has 0 bridgehead atoms. The van der Waals surface area contributed by atoms with E-state index in [0.717, 1.165) is 11.0 Å². The highest BCUT2D eigenvalue weighted by Crippen LogP contribution is 2.27. The molecule has 0 fully saturated rings. The Kier molecular flexibility index (Phi) is 3.76. The number of hydrogen-bond acceptors (Lipinski definition) is 5. The zero-order valence-electron chi connectivity index (χ0n) is 12.7. The van der Waals surface area contributed by atoms with Crippen LogP contribution in [0, 0.1) is 10.1 Å². The van der Waals surface area contributed by atoms with Gasteiger partial charge in [0.1, 0.15) is 12.0 Å². The van der Waals surface area contributed by atoms with Crippen molar-refractivity contribution in [3.8, 4) is 0 Å². The number of para-hydroxylation sites is 2. The molecule has 1 heterocycles. The highest BCUT2D eigenvalue weighted by Gasteiger charge is 2.15. The maximum atomic E-state index is 11.2. The molecule has 3 rings (SSSR count). The molecule has 0 amide bonds. The summed E-state index contributed by atoms with van der Waals surface area (Å²) in [5.41, 5.74) is 2.98. The van der Waals surface area contributed by atoms with Gasteiger partial charge in [-0.25, -0.2) is 9.66 Å². The third-order valence-electron chi connectivity index (χ3n) is 3.44. The van der Waals surface area contributed by atoms with Crippen molar-refractivity contribution >= 4 is 28.6 Å². The fourth-order valence-electron chi connectivity index (χ4n) is 2.31. The lowest BCUT2D eigenvalue weighted by molar-refractivity contribution is -0.384. The van der Waals surface area contributed by atoms with E-state index in [0.29, 0.717) is 11.3 Å². The molecule has 0 saturated heterocycles. The van der Waals surface area contributed by atoms with Crippen molar-refractivity contribution < 1.29 is 4.92 Å². The molecule has 23 heavy (non-hydrogen) atoms. The molecule has 0 spiro atoms. The Balaban J connectivity index is 1.96. The largest absolute Gasteiger partial charge is 0.372 e. The minimum absolute atomic E-state index is 0.0504. The van der Waals surface area contributed by atoms with Gasteiger partial charge >= 0.3 is 0 Å². The van der Waals surface area contributed by atoms with Gasteiger partial charge in [0.25, 0.3) is 5.69 Å². The first kappa shape index (κ1) is 14.7. The Labute approximate surface area is 132 Å². The van der Waals surface area contributed by atoms with E-state index in [1.807, 2.05) is 24.3 Å². The standard InChI is InChI=1S/C16H15N5O2/c1-19(2)15-8-7-12(9-16(15)21(22)23)10-18-20-11-17-13-5-3-4-6-14(13)20/h3-11H,1-2H3/b18-10-. The molecule has 2 aromatic carbocycles. The Hall–Kier alpha value is -3.22. The number of nitrogens with zero attached hydrogens (tertiary/aromatic N) is 5. The zero-order valence-corrected chi connectivity index (χ0v) is 12.7. The lowest BCUT2D eigenvalue weighted by Crippen LogP contribution is -2.11. The summed E-state index contributed by atoms with van der Waals surface area (Å²) in [5, 5.41) is 15.5. The smallest absolute Gasteiger partial charge is 0.293 e. The van der Waals surface area contributed by atoms with Gasteiger partial charge in [-0.3, -0.25) is 10.1 Å². The summed E-state index contributed by atoms with van der Waals surface area (Å²) in [5.74, 6) is 0. The van der Waals surface area contributed by atoms with Gasteiger partial charge in [0, 0.05) is 25.7 Å². The molecule has 0 unspecified atom stereocenters. The van der Waals surface area contributed by atoms with E-state index in [4.69, 9.17) is 0 Å². The molecule has 0 N–H and O–H groups in total. The van der Waals surface area contributed by atoms with Crippen LogP contribution in [-0.4, -0.2) is 34.9 Å². The number of rotatable bonds is 4. The summed E-state index contributed by atoms with van der Waals surface area (Å²) in [6.45, 7) is 0. The van der Waals surface area contributed by atoms with E-state index < -0.39 is 0 Å². The summed E-state index contributed by atoms with van der Waals surface area (Å²) >= 11 is 0. The number of hydrogen-bond donors (Lipinski definition) is 0. The van der Waals surface area contributed by atoms with Gasteiger partial charge in [-0.2, -0.15) is 5.10 Å². The second kappa shape index (κ2) is 5.88. The molecule has 0 aliphatic carbocycles. The van der Waals surface area contributed by atoms with E-state index in [2.05, 4.69) is 10.1 Å². The Morgan fingerprint density at radius 1 is 1.26 bits per heavy atom. The molecule has 0 radical (unpaired) electrons. The molecular weight excluding hydrogens is 294 g/mol. The highest BCUT2D eigenvalue weighted by molar-refractivity contribution is 5.84. The maximum Gasteiger partial charge on any atom is 0.293 e. The normalized spacial score (nSPS) is 11.2. The first-order chi connectivity index (χ1) is 11.1. The van der Waals surface area contributed by atoms with Crippen molar-refractivity contribution in [2.75, 3.05) is 19.0 Å². The van der Waals surface area contributed by atoms with Crippen LogP contribution in [-0.2, 0) is 0 Å². The predicted octanol–water partition coefficient (Wildman–Crippen LogP) is 2.89. The molecule has 7 nitrogen and oxygen atoms in total. The summed E-state index contributed by atoms with van der Waals surface area (Å²) in [6.07, 6.45) is 3.20. The van der Waals surface area contributed by atoms with Gasteiger partial charge in [0.05, 0.1) is 22.2 Å². The summed E-state index contributed by atoms with van der Waals surface area (Å²) < 4.78 is 1.64. The van der Waals surface area contributed by atoms with Crippen molar-refractivity contribution in [3.05, 3.63) is 64.5 Å². The minimum Gasteiger partial charge on any atom is -0.372 e. The third-order valence-corrected chi connectivity index (χ3v) is 3.44. The first-order valence-electron chi connectivity index (χ1n) is 6.98. The molecule has 0 saturated carbocycles. The van der Waals surface area contributed by atoms with Gasteiger partial charge in [-0.1, -0.05) is 18.2 Å². The van der Waals surface area contributed by atoms with E-state index in [-0.39, 0.29) is 10.6 Å². The van der Waals surface area contributed by atoms with E-state index >= 15 is 0 Å². The second-order valence-corrected chi connectivity index (χ2v) is 5.22. The third kappa shape index (κ3) is 2.89. The van der Waals surface area contributed by atoms with Crippen LogP contribution in [0.3, 0.4) is 0 Å². The number of imidazole rings is 1. The van der Waals surface area contributed by atoms with Crippen LogP contribution in [0.2, 0.25) is 0 Å². The summed E-state index contributed by atoms with van der Waals surface area (Å²) in [7, 11) is 3.54.